The van der Waals surface area contributed by atoms with Gasteiger partial charge in [-0.05, 0) is 52.2 Å². The minimum Gasteiger partial charge on any atom is -0.377 e. The zero-order chi connectivity index (χ0) is 11.5. The third-order valence-corrected chi connectivity index (χ3v) is 4.42. The molecule has 1 N–H and O–H groups in total. The molecule has 4 atom stereocenters. The van der Waals surface area contributed by atoms with Crippen molar-refractivity contribution in [1.29, 1.82) is 0 Å². The maximum absolute atomic E-state index is 5.66. The van der Waals surface area contributed by atoms with Crippen molar-refractivity contribution >= 4 is 0 Å². The van der Waals surface area contributed by atoms with Crippen molar-refractivity contribution in [2.24, 2.45) is 5.92 Å². The molecular weight excluding hydrogens is 200 g/mol. The zero-order valence-corrected chi connectivity index (χ0v) is 10.9. The Morgan fingerprint density at radius 1 is 1.25 bits per heavy atom. The van der Waals surface area contributed by atoms with Gasteiger partial charge in [0, 0.05) is 18.7 Å². The molecule has 0 spiro atoms. The molecule has 2 aliphatic rings. The second kappa shape index (κ2) is 5.48. The van der Waals surface area contributed by atoms with Crippen molar-refractivity contribution < 1.29 is 4.74 Å². The lowest BCUT2D eigenvalue weighted by atomic mass is 9.77. The van der Waals surface area contributed by atoms with E-state index in [-0.39, 0.29) is 0 Å². The van der Waals surface area contributed by atoms with E-state index in [2.05, 4.69) is 31.1 Å². The van der Waals surface area contributed by atoms with Crippen LogP contribution in [0.1, 0.15) is 33.1 Å². The molecule has 1 aliphatic heterocycles. The molecule has 0 aromatic heterocycles. The number of rotatable bonds is 5. The molecular formula is C13H26N2O. The molecule has 16 heavy (non-hydrogen) atoms. The fourth-order valence-corrected chi connectivity index (χ4v) is 3.16. The van der Waals surface area contributed by atoms with Gasteiger partial charge >= 0.3 is 0 Å². The highest BCUT2D eigenvalue weighted by Crippen LogP contribution is 2.34. The quantitative estimate of drug-likeness (QED) is 0.768. The summed E-state index contributed by atoms with van der Waals surface area (Å²) in [5, 5.41) is 3.48. The summed E-state index contributed by atoms with van der Waals surface area (Å²) in [5.41, 5.74) is 0. The molecule has 3 nitrogen and oxygen atoms in total. The van der Waals surface area contributed by atoms with Gasteiger partial charge in [-0.15, -0.1) is 0 Å². The minimum atomic E-state index is 0.422. The molecule has 4 unspecified atom stereocenters. The van der Waals surface area contributed by atoms with Crippen LogP contribution in [0, 0.1) is 5.92 Å². The Labute approximate surface area is 99.5 Å². The van der Waals surface area contributed by atoms with Gasteiger partial charge < -0.3 is 10.1 Å². The summed E-state index contributed by atoms with van der Waals surface area (Å²) >= 11 is 0. The van der Waals surface area contributed by atoms with E-state index in [1.807, 2.05) is 0 Å². The lowest BCUT2D eigenvalue weighted by Crippen LogP contribution is -2.53. The second-order valence-corrected chi connectivity index (χ2v) is 5.31. The van der Waals surface area contributed by atoms with Gasteiger partial charge in [0.2, 0.25) is 0 Å². The van der Waals surface area contributed by atoms with E-state index in [4.69, 9.17) is 4.74 Å². The Hall–Kier alpha value is -0.120. The number of nitrogens with one attached hydrogen (secondary N) is 1. The van der Waals surface area contributed by atoms with Crippen molar-refractivity contribution in [3.63, 3.8) is 0 Å². The molecule has 3 heteroatoms. The predicted octanol–water partition coefficient (Wildman–Crippen LogP) is 1.48. The van der Waals surface area contributed by atoms with Gasteiger partial charge in [-0.1, -0.05) is 6.92 Å². The molecule has 1 saturated carbocycles. The van der Waals surface area contributed by atoms with Crippen molar-refractivity contribution in [1.82, 2.24) is 10.2 Å². The first-order valence-electron chi connectivity index (χ1n) is 6.78. The van der Waals surface area contributed by atoms with E-state index in [0.29, 0.717) is 12.1 Å². The van der Waals surface area contributed by atoms with E-state index in [0.717, 1.165) is 25.1 Å². The van der Waals surface area contributed by atoms with E-state index >= 15 is 0 Å². The second-order valence-electron chi connectivity index (χ2n) is 5.31. The Bertz CT molecular complexity index is 222. The summed E-state index contributed by atoms with van der Waals surface area (Å²) in [6, 6.07) is 1.43. The normalized spacial score (nSPS) is 39.0. The summed E-state index contributed by atoms with van der Waals surface area (Å²) < 4.78 is 5.66. The van der Waals surface area contributed by atoms with Gasteiger partial charge in [-0.25, -0.2) is 0 Å². The third kappa shape index (κ3) is 2.41. The van der Waals surface area contributed by atoms with Crippen LogP contribution in [-0.2, 0) is 4.74 Å². The van der Waals surface area contributed by atoms with Gasteiger partial charge in [0.1, 0.15) is 0 Å². The maximum atomic E-state index is 5.66. The van der Waals surface area contributed by atoms with Gasteiger partial charge in [-0.2, -0.15) is 0 Å². The summed E-state index contributed by atoms with van der Waals surface area (Å²) in [7, 11) is 2.29. The van der Waals surface area contributed by atoms with Crippen LogP contribution in [0.2, 0.25) is 0 Å². The van der Waals surface area contributed by atoms with Crippen LogP contribution in [0.25, 0.3) is 0 Å². The molecule has 0 aromatic carbocycles. The summed E-state index contributed by atoms with van der Waals surface area (Å²) in [5.74, 6) is 0.859. The first-order chi connectivity index (χ1) is 7.74. The fourth-order valence-electron chi connectivity index (χ4n) is 3.16. The van der Waals surface area contributed by atoms with Crippen molar-refractivity contribution in [2.45, 2.75) is 51.3 Å². The van der Waals surface area contributed by atoms with Crippen LogP contribution < -0.4 is 5.32 Å². The average Bonchev–Trinajstić information content (AvgIpc) is 2.63. The molecule has 1 heterocycles. The van der Waals surface area contributed by atoms with Crippen molar-refractivity contribution in [3.05, 3.63) is 0 Å². The zero-order valence-electron chi connectivity index (χ0n) is 10.9. The Balaban J connectivity index is 1.82. The van der Waals surface area contributed by atoms with Crippen LogP contribution >= 0.6 is 0 Å². The van der Waals surface area contributed by atoms with E-state index < -0.39 is 0 Å². The Kier molecular flexibility index (Phi) is 4.22. The molecule has 1 aliphatic carbocycles. The molecule has 0 amide bonds. The summed E-state index contributed by atoms with van der Waals surface area (Å²) in [6.07, 6.45) is 4.40. The molecule has 2 rings (SSSR count). The molecule has 94 valence electrons. The summed E-state index contributed by atoms with van der Waals surface area (Å²) in [4.78, 5) is 2.59. The number of hydrogen-bond donors (Lipinski definition) is 1. The minimum absolute atomic E-state index is 0.422. The largest absolute Gasteiger partial charge is 0.377 e. The van der Waals surface area contributed by atoms with Crippen LogP contribution in [0.5, 0.6) is 0 Å². The van der Waals surface area contributed by atoms with Crippen LogP contribution in [0.15, 0.2) is 0 Å². The lowest BCUT2D eigenvalue weighted by molar-refractivity contribution is 0.0167. The Morgan fingerprint density at radius 3 is 2.56 bits per heavy atom. The monoisotopic (exact) mass is 226 g/mol. The number of likely N-dealkylation sites (N-methyl/N-ethyl adjacent to an activating group) is 1. The number of ether oxygens (including phenoxy) is 1. The van der Waals surface area contributed by atoms with E-state index in [9.17, 15) is 0 Å². The topological polar surface area (TPSA) is 24.5 Å². The van der Waals surface area contributed by atoms with Crippen molar-refractivity contribution in [3.8, 4) is 0 Å². The Morgan fingerprint density at radius 2 is 2.06 bits per heavy atom. The third-order valence-electron chi connectivity index (χ3n) is 4.42. The van der Waals surface area contributed by atoms with Crippen LogP contribution in [0.4, 0.5) is 0 Å². The van der Waals surface area contributed by atoms with Gasteiger partial charge in [0.15, 0.2) is 0 Å². The SMILES string of the molecule is CCNCC1CCC1N(C)C1CCOC1C. The van der Waals surface area contributed by atoms with E-state index in [1.165, 1.54) is 25.8 Å². The molecule has 1 saturated heterocycles. The molecule has 2 fully saturated rings. The molecule has 0 aromatic rings. The number of nitrogens with zero attached hydrogens (tertiary/aromatic N) is 1. The first kappa shape index (κ1) is 12.3. The predicted molar refractivity (Wildman–Crippen MR) is 66.6 cm³/mol. The molecule has 0 bridgehead atoms. The van der Waals surface area contributed by atoms with Gasteiger partial charge in [0.05, 0.1) is 6.10 Å². The highest BCUT2D eigenvalue weighted by atomic mass is 16.5. The van der Waals surface area contributed by atoms with Crippen LogP contribution in [0.3, 0.4) is 0 Å². The summed E-state index contributed by atoms with van der Waals surface area (Å²) in [6.45, 7) is 7.63. The highest BCUT2D eigenvalue weighted by molar-refractivity contribution is 4.93. The maximum Gasteiger partial charge on any atom is 0.0703 e. The van der Waals surface area contributed by atoms with Gasteiger partial charge in [0.25, 0.3) is 0 Å². The molecule has 0 radical (unpaired) electrons. The smallest absolute Gasteiger partial charge is 0.0703 e. The van der Waals surface area contributed by atoms with Crippen LogP contribution in [-0.4, -0.2) is 49.8 Å². The van der Waals surface area contributed by atoms with Crippen molar-refractivity contribution in [2.75, 3.05) is 26.7 Å². The fraction of sp³-hybridized carbons (Fsp3) is 1.00. The average molecular weight is 226 g/mol. The lowest BCUT2D eigenvalue weighted by Gasteiger charge is -2.46. The van der Waals surface area contributed by atoms with E-state index in [1.54, 1.807) is 0 Å². The standard InChI is InChI=1S/C13H26N2O/c1-4-14-9-11-5-6-13(11)15(3)12-7-8-16-10(12)2/h10-14H,4-9H2,1-3H3. The number of hydrogen-bond acceptors (Lipinski definition) is 3. The first-order valence-corrected chi connectivity index (χ1v) is 6.78. The van der Waals surface area contributed by atoms with Gasteiger partial charge in [-0.3, -0.25) is 4.90 Å². The highest BCUT2D eigenvalue weighted by Gasteiger charge is 2.39.